The Kier molecular flexibility index (Phi) is 4.36. The van der Waals surface area contributed by atoms with Gasteiger partial charge in [0.05, 0.1) is 12.7 Å². The van der Waals surface area contributed by atoms with Gasteiger partial charge in [-0.25, -0.2) is 9.78 Å². The van der Waals surface area contributed by atoms with E-state index in [1.165, 1.54) is 12.8 Å². The minimum absolute atomic E-state index is 0.198. The van der Waals surface area contributed by atoms with Crippen molar-refractivity contribution >= 4 is 28.7 Å². The Bertz CT molecular complexity index is 1070. The summed E-state index contributed by atoms with van der Waals surface area (Å²) in [6.07, 6.45) is 5.34. The number of H-pyrrole nitrogens is 1. The Morgan fingerprint density at radius 1 is 1.25 bits per heavy atom. The maximum absolute atomic E-state index is 12.5. The van der Waals surface area contributed by atoms with Gasteiger partial charge in [-0.3, -0.25) is 4.57 Å². The highest BCUT2D eigenvalue weighted by Gasteiger charge is 2.39. The number of hydrogen-bond acceptors (Lipinski definition) is 5. The third-order valence-electron chi connectivity index (χ3n) is 6.07. The lowest BCUT2D eigenvalue weighted by Crippen LogP contribution is -2.42. The van der Waals surface area contributed by atoms with Crippen LogP contribution in [0, 0.1) is 5.41 Å². The van der Waals surface area contributed by atoms with Gasteiger partial charge < -0.3 is 15.2 Å². The monoisotopic (exact) mass is 398 g/mol. The molecule has 2 aromatic heterocycles. The first-order chi connectivity index (χ1) is 13.6. The highest BCUT2D eigenvalue weighted by atomic mass is 35.5. The van der Waals surface area contributed by atoms with E-state index >= 15 is 0 Å². The standard InChI is InChI=1S/C20H23ClN6O/c21-15-5-2-1-4-14(15)11-27-17-16(24-19(27)28)10-23-18(25-17)26-9-7-20(13-26)6-3-8-22-12-20/h1-2,4-5,10,22H,3,6-9,11-13H2,(H,24,28). The van der Waals surface area contributed by atoms with E-state index in [-0.39, 0.29) is 5.69 Å². The predicted octanol–water partition coefficient (Wildman–Crippen LogP) is 2.40. The van der Waals surface area contributed by atoms with Gasteiger partial charge in [-0.1, -0.05) is 29.8 Å². The molecular weight excluding hydrogens is 376 g/mol. The van der Waals surface area contributed by atoms with Crippen LogP contribution in [-0.4, -0.2) is 45.7 Å². The highest BCUT2D eigenvalue weighted by Crippen LogP contribution is 2.37. The molecule has 1 unspecified atom stereocenters. The number of anilines is 1. The summed E-state index contributed by atoms with van der Waals surface area (Å²) >= 11 is 6.29. The first-order valence-electron chi connectivity index (χ1n) is 9.78. The van der Waals surface area contributed by atoms with E-state index in [0.717, 1.165) is 38.2 Å². The number of piperidine rings is 1. The molecule has 1 atom stereocenters. The fourth-order valence-corrected chi connectivity index (χ4v) is 4.71. The molecule has 28 heavy (non-hydrogen) atoms. The summed E-state index contributed by atoms with van der Waals surface area (Å²) in [4.78, 5) is 26.9. The molecule has 2 aliphatic heterocycles. The molecule has 0 saturated carbocycles. The molecule has 8 heteroatoms. The molecular formula is C20H23ClN6O. The molecule has 2 aliphatic rings. The van der Waals surface area contributed by atoms with Crippen LogP contribution in [0.15, 0.2) is 35.3 Å². The number of nitrogens with zero attached hydrogens (tertiary/aromatic N) is 4. The second-order valence-corrected chi connectivity index (χ2v) is 8.37. The van der Waals surface area contributed by atoms with Gasteiger partial charge in [-0.15, -0.1) is 0 Å². The summed E-state index contributed by atoms with van der Waals surface area (Å²) in [6.45, 7) is 4.47. The van der Waals surface area contributed by atoms with E-state index in [4.69, 9.17) is 16.6 Å². The van der Waals surface area contributed by atoms with Crippen LogP contribution in [0.25, 0.3) is 11.2 Å². The van der Waals surface area contributed by atoms with Crippen molar-refractivity contribution in [1.82, 2.24) is 24.8 Å². The molecule has 1 spiro atoms. The van der Waals surface area contributed by atoms with Gasteiger partial charge >= 0.3 is 5.69 Å². The number of fused-ring (bicyclic) bond motifs is 1. The summed E-state index contributed by atoms with van der Waals surface area (Å²) in [5, 5.41) is 4.18. The van der Waals surface area contributed by atoms with E-state index in [2.05, 4.69) is 20.2 Å². The molecule has 7 nitrogen and oxygen atoms in total. The second-order valence-electron chi connectivity index (χ2n) is 7.97. The average Bonchev–Trinajstić information content (AvgIpc) is 3.25. The summed E-state index contributed by atoms with van der Waals surface area (Å²) < 4.78 is 1.63. The van der Waals surface area contributed by atoms with Crippen molar-refractivity contribution in [2.45, 2.75) is 25.8 Å². The molecule has 3 aromatic rings. The lowest BCUT2D eigenvalue weighted by atomic mass is 9.80. The zero-order chi connectivity index (χ0) is 19.1. The van der Waals surface area contributed by atoms with Gasteiger partial charge in [0.25, 0.3) is 0 Å². The van der Waals surface area contributed by atoms with Crippen molar-refractivity contribution in [3.63, 3.8) is 0 Å². The summed E-state index contributed by atoms with van der Waals surface area (Å²) in [5.41, 5.74) is 2.29. The van der Waals surface area contributed by atoms with Crippen LogP contribution in [0.4, 0.5) is 5.95 Å². The number of aromatic amines is 1. The highest BCUT2D eigenvalue weighted by molar-refractivity contribution is 6.31. The second kappa shape index (κ2) is 6.90. The van der Waals surface area contributed by atoms with Crippen molar-refractivity contribution in [3.05, 3.63) is 51.5 Å². The molecule has 146 valence electrons. The minimum Gasteiger partial charge on any atom is -0.340 e. The van der Waals surface area contributed by atoms with Crippen LogP contribution in [0.2, 0.25) is 5.02 Å². The van der Waals surface area contributed by atoms with Crippen molar-refractivity contribution < 1.29 is 0 Å². The maximum Gasteiger partial charge on any atom is 0.328 e. The largest absolute Gasteiger partial charge is 0.340 e. The van der Waals surface area contributed by atoms with Crippen molar-refractivity contribution in [1.29, 1.82) is 0 Å². The molecule has 1 aromatic carbocycles. The van der Waals surface area contributed by atoms with E-state index in [1.807, 2.05) is 24.3 Å². The molecule has 0 amide bonds. The average molecular weight is 399 g/mol. The molecule has 0 aliphatic carbocycles. The van der Waals surface area contributed by atoms with Crippen LogP contribution in [0.5, 0.6) is 0 Å². The van der Waals surface area contributed by atoms with Crippen molar-refractivity contribution in [3.8, 4) is 0 Å². The summed E-state index contributed by atoms with van der Waals surface area (Å²) in [6, 6.07) is 7.56. The minimum atomic E-state index is -0.198. The first-order valence-corrected chi connectivity index (χ1v) is 10.2. The Balaban J connectivity index is 1.47. The molecule has 5 rings (SSSR count). The van der Waals surface area contributed by atoms with E-state index < -0.39 is 0 Å². The quantitative estimate of drug-likeness (QED) is 0.708. The Morgan fingerprint density at radius 2 is 2.14 bits per heavy atom. The third-order valence-corrected chi connectivity index (χ3v) is 6.44. The van der Waals surface area contributed by atoms with Gasteiger partial charge in [0, 0.05) is 30.1 Å². The van der Waals surface area contributed by atoms with E-state index in [9.17, 15) is 4.79 Å². The van der Waals surface area contributed by atoms with Crippen LogP contribution in [-0.2, 0) is 6.54 Å². The number of imidazole rings is 1. The fourth-order valence-electron chi connectivity index (χ4n) is 4.52. The zero-order valence-electron chi connectivity index (χ0n) is 15.6. The van der Waals surface area contributed by atoms with Gasteiger partial charge in [0.1, 0.15) is 5.52 Å². The van der Waals surface area contributed by atoms with E-state index in [1.54, 1.807) is 10.8 Å². The number of hydrogen-bond donors (Lipinski definition) is 2. The lowest BCUT2D eigenvalue weighted by molar-refractivity contribution is 0.239. The third kappa shape index (κ3) is 3.08. The Morgan fingerprint density at radius 3 is 2.96 bits per heavy atom. The molecule has 2 saturated heterocycles. The molecule has 0 bridgehead atoms. The van der Waals surface area contributed by atoms with Crippen LogP contribution in [0.3, 0.4) is 0 Å². The van der Waals surface area contributed by atoms with Gasteiger partial charge in [0.15, 0.2) is 5.65 Å². The van der Waals surface area contributed by atoms with Gasteiger partial charge in [-0.05, 0) is 37.4 Å². The van der Waals surface area contributed by atoms with Crippen molar-refractivity contribution in [2.24, 2.45) is 5.41 Å². The Labute approximate surface area is 167 Å². The van der Waals surface area contributed by atoms with Crippen LogP contribution < -0.4 is 15.9 Å². The van der Waals surface area contributed by atoms with Crippen LogP contribution >= 0.6 is 11.6 Å². The molecule has 4 heterocycles. The SMILES string of the molecule is O=c1[nH]c2cnc(N3CCC4(CCCNC4)C3)nc2n1Cc1ccccc1Cl. The number of aromatic nitrogens is 4. The smallest absolute Gasteiger partial charge is 0.328 e. The van der Waals surface area contributed by atoms with Crippen LogP contribution in [0.1, 0.15) is 24.8 Å². The fraction of sp³-hybridized carbons (Fsp3) is 0.450. The van der Waals surface area contributed by atoms with Crippen molar-refractivity contribution in [2.75, 3.05) is 31.1 Å². The topological polar surface area (TPSA) is 78.8 Å². The maximum atomic E-state index is 12.5. The number of nitrogens with one attached hydrogen (secondary N) is 2. The lowest BCUT2D eigenvalue weighted by Gasteiger charge is -2.33. The number of rotatable bonds is 3. The summed E-state index contributed by atoms with van der Waals surface area (Å²) in [5.74, 6) is 0.696. The molecule has 0 radical (unpaired) electrons. The van der Waals surface area contributed by atoms with E-state index in [0.29, 0.717) is 34.1 Å². The number of benzene rings is 1. The van der Waals surface area contributed by atoms with Gasteiger partial charge in [0.2, 0.25) is 5.95 Å². The normalized spacial score (nSPS) is 22.4. The zero-order valence-corrected chi connectivity index (χ0v) is 16.4. The Hall–Kier alpha value is -2.38. The molecule has 2 N–H and O–H groups in total. The van der Waals surface area contributed by atoms with Gasteiger partial charge in [-0.2, -0.15) is 4.98 Å². The predicted molar refractivity (Wildman–Crippen MR) is 110 cm³/mol. The summed E-state index contributed by atoms with van der Waals surface area (Å²) in [7, 11) is 0. The molecule has 2 fully saturated rings. The first kappa shape index (κ1) is 17.7. The number of halogens is 1.